The first-order valence-electron chi connectivity index (χ1n) is 8.37. The molecule has 0 aliphatic rings. The molecule has 1 atom stereocenters. The number of methoxy groups -OCH3 is 1. The molecule has 0 heterocycles. The van der Waals surface area contributed by atoms with Crippen molar-refractivity contribution in [2.75, 3.05) is 20.7 Å². The molecule has 0 spiro atoms. The van der Waals surface area contributed by atoms with E-state index in [0.717, 1.165) is 22.4 Å². The van der Waals surface area contributed by atoms with Crippen molar-refractivity contribution in [2.24, 2.45) is 5.41 Å². The summed E-state index contributed by atoms with van der Waals surface area (Å²) >= 11 is 0. The number of amides is 2. The van der Waals surface area contributed by atoms with Gasteiger partial charge >= 0.3 is 6.03 Å². The molecule has 1 aromatic carbocycles. The second-order valence-electron chi connectivity index (χ2n) is 7.49. The average molecular weight is 336 g/mol. The van der Waals surface area contributed by atoms with Crippen molar-refractivity contribution >= 4 is 6.03 Å². The van der Waals surface area contributed by atoms with Crippen LogP contribution in [-0.2, 0) is 6.54 Å². The predicted molar refractivity (Wildman–Crippen MR) is 97.4 cm³/mol. The topological polar surface area (TPSA) is 61.8 Å². The minimum atomic E-state index is -0.375. The second kappa shape index (κ2) is 8.38. The van der Waals surface area contributed by atoms with Gasteiger partial charge < -0.3 is 20.1 Å². The van der Waals surface area contributed by atoms with Crippen LogP contribution in [0.15, 0.2) is 12.1 Å². The molecule has 5 nitrogen and oxygen atoms in total. The summed E-state index contributed by atoms with van der Waals surface area (Å²) in [5, 5.41) is 12.5. The largest absolute Gasteiger partial charge is 0.496 e. The van der Waals surface area contributed by atoms with Gasteiger partial charge in [0, 0.05) is 20.1 Å². The monoisotopic (exact) mass is 336 g/mol. The zero-order valence-electron chi connectivity index (χ0n) is 16.1. The van der Waals surface area contributed by atoms with Gasteiger partial charge in [-0.3, -0.25) is 0 Å². The lowest BCUT2D eigenvalue weighted by Crippen LogP contribution is -2.42. The van der Waals surface area contributed by atoms with Gasteiger partial charge in [0.15, 0.2) is 0 Å². The van der Waals surface area contributed by atoms with Crippen LogP contribution in [0.1, 0.15) is 43.9 Å². The number of hydrogen-bond acceptors (Lipinski definition) is 3. The summed E-state index contributed by atoms with van der Waals surface area (Å²) < 4.78 is 5.38. The van der Waals surface area contributed by atoms with Crippen molar-refractivity contribution in [3.8, 4) is 5.75 Å². The first-order valence-corrected chi connectivity index (χ1v) is 8.37. The molecule has 1 rings (SSSR count). The Kier molecular flexibility index (Phi) is 7.08. The Balaban J connectivity index is 2.65. The lowest BCUT2D eigenvalue weighted by Gasteiger charge is -2.28. The molecule has 1 aromatic rings. The zero-order valence-corrected chi connectivity index (χ0v) is 16.1. The van der Waals surface area contributed by atoms with Crippen LogP contribution in [0.2, 0.25) is 0 Å². The lowest BCUT2D eigenvalue weighted by molar-refractivity contribution is 0.127. The van der Waals surface area contributed by atoms with Gasteiger partial charge in [0.05, 0.1) is 13.2 Å². The summed E-state index contributed by atoms with van der Waals surface area (Å²) in [6, 6.07) is 3.99. The third-order valence-corrected chi connectivity index (χ3v) is 4.06. The van der Waals surface area contributed by atoms with E-state index in [4.69, 9.17) is 4.74 Å². The first kappa shape index (κ1) is 20.3. The molecule has 0 bridgehead atoms. The minimum absolute atomic E-state index is 0.111. The van der Waals surface area contributed by atoms with Gasteiger partial charge in [0.1, 0.15) is 5.75 Å². The molecule has 24 heavy (non-hydrogen) atoms. The molecular weight excluding hydrogens is 304 g/mol. The zero-order chi connectivity index (χ0) is 18.5. The highest BCUT2D eigenvalue weighted by molar-refractivity contribution is 5.73. The number of urea groups is 1. The van der Waals surface area contributed by atoms with Gasteiger partial charge in [0.2, 0.25) is 0 Å². The maximum Gasteiger partial charge on any atom is 0.317 e. The molecule has 0 saturated carbocycles. The van der Waals surface area contributed by atoms with E-state index in [1.807, 2.05) is 39.8 Å². The highest BCUT2D eigenvalue weighted by atomic mass is 16.5. The van der Waals surface area contributed by atoms with Gasteiger partial charge in [0.25, 0.3) is 0 Å². The van der Waals surface area contributed by atoms with Gasteiger partial charge in [-0.25, -0.2) is 4.79 Å². The van der Waals surface area contributed by atoms with E-state index in [1.54, 1.807) is 26.0 Å². The molecule has 0 aromatic heterocycles. The molecule has 0 radical (unpaired) electrons. The summed E-state index contributed by atoms with van der Waals surface area (Å²) in [6.45, 7) is 10.9. The molecule has 0 aliphatic carbocycles. The Hall–Kier alpha value is -1.75. The number of carbonyl (C=O) groups excluding carboxylic acids is 1. The average Bonchev–Trinajstić information content (AvgIpc) is 2.43. The Morgan fingerprint density at radius 2 is 1.88 bits per heavy atom. The number of ether oxygens (including phenoxy) is 1. The molecule has 136 valence electrons. The first-order chi connectivity index (χ1) is 11.1. The van der Waals surface area contributed by atoms with Crippen molar-refractivity contribution in [3.63, 3.8) is 0 Å². The van der Waals surface area contributed by atoms with Crippen LogP contribution in [0.25, 0.3) is 0 Å². The molecule has 1 unspecified atom stereocenters. The number of benzene rings is 1. The van der Waals surface area contributed by atoms with E-state index in [2.05, 4.69) is 5.32 Å². The molecule has 2 amide bonds. The van der Waals surface area contributed by atoms with Crippen LogP contribution in [0, 0.1) is 19.3 Å². The molecule has 0 fully saturated rings. The Morgan fingerprint density at radius 3 is 2.33 bits per heavy atom. The third kappa shape index (κ3) is 6.04. The fourth-order valence-corrected chi connectivity index (χ4v) is 3.12. The van der Waals surface area contributed by atoms with E-state index in [-0.39, 0.29) is 17.6 Å². The van der Waals surface area contributed by atoms with Crippen molar-refractivity contribution in [1.82, 2.24) is 10.2 Å². The van der Waals surface area contributed by atoms with Crippen molar-refractivity contribution in [3.05, 3.63) is 28.8 Å². The standard InChI is InChI=1S/C19H32N2O3/c1-13-8-16(9-14(2)17(13)24-7)11-21(6)18(23)20-12-19(4,5)10-15(3)22/h8-9,15,22H,10-12H2,1-7H3,(H,20,23). The molecule has 2 N–H and O–H groups in total. The summed E-state index contributed by atoms with van der Waals surface area (Å²) in [7, 11) is 3.45. The fraction of sp³-hybridized carbons (Fsp3) is 0.632. The van der Waals surface area contributed by atoms with E-state index < -0.39 is 0 Å². The number of rotatable bonds is 7. The number of nitrogens with one attached hydrogen (secondary N) is 1. The van der Waals surface area contributed by atoms with Crippen molar-refractivity contribution in [1.29, 1.82) is 0 Å². The summed E-state index contributed by atoms with van der Waals surface area (Å²) in [5.74, 6) is 0.894. The van der Waals surface area contributed by atoms with Crippen LogP contribution in [0.5, 0.6) is 5.75 Å². The van der Waals surface area contributed by atoms with E-state index in [9.17, 15) is 9.90 Å². The molecule has 0 saturated heterocycles. The lowest BCUT2D eigenvalue weighted by atomic mass is 9.87. The molecular formula is C19H32N2O3. The summed E-state index contributed by atoms with van der Waals surface area (Å²) in [4.78, 5) is 14.0. The van der Waals surface area contributed by atoms with Crippen LogP contribution >= 0.6 is 0 Å². The van der Waals surface area contributed by atoms with Crippen molar-refractivity contribution < 1.29 is 14.6 Å². The maximum atomic E-state index is 12.3. The molecule has 0 aliphatic heterocycles. The van der Waals surface area contributed by atoms with E-state index >= 15 is 0 Å². The number of aliphatic hydroxyl groups is 1. The van der Waals surface area contributed by atoms with Crippen LogP contribution in [-0.4, -0.2) is 42.8 Å². The highest BCUT2D eigenvalue weighted by Crippen LogP contribution is 2.25. The predicted octanol–water partition coefficient (Wildman–Crippen LogP) is 3.25. The van der Waals surface area contributed by atoms with E-state index in [1.165, 1.54) is 0 Å². The highest BCUT2D eigenvalue weighted by Gasteiger charge is 2.22. The number of nitrogens with zero attached hydrogens (tertiary/aromatic N) is 1. The minimum Gasteiger partial charge on any atom is -0.496 e. The van der Waals surface area contributed by atoms with Gasteiger partial charge in [-0.15, -0.1) is 0 Å². The maximum absolute atomic E-state index is 12.3. The van der Waals surface area contributed by atoms with Crippen LogP contribution in [0.4, 0.5) is 4.79 Å². The van der Waals surface area contributed by atoms with Gasteiger partial charge in [-0.1, -0.05) is 26.0 Å². The van der Waals surface area contributed by atoms with Crippen LogP contribution in [0.3, 0.4) is 0 Å². The number of aliphatic hydroxyl groups excluding tert-OH is 1. The van der Waals surface area contributed by atoms with E-state index in [0.29, 0.717) is 19.5 Å². The SMILES string of the molecule is COc1c(C)cc(CN(C)C(=O)NCC(C)(C)CC(C)O)cc1C. The Labute approximate surface area is 146 Å². The second-order valence-corrected chi connectivity index (χ2v) is 7.49. The fourth-order valence-electron chi connectivity index (χ4n) is 3.12. The summed E-state index contributed by atoms with van der Waals surface area (Å²) in [5.41, 5.74) is 3.07. The third-order valence-electron chi connectivity index (χ3n) is 4.06. The van der Waals surface area contributed by atoms with Crippen LogP contribution < -0.4 is 10.1 Å². The normalized spacial score (nSPS) is 12.7. The quantitative estimate of drug-likeness (QED) is 0.803. The summed E-state index contributed by atoms with van der Waals surface area (Å²) in [6.07, 6.45) is 0.272. The molecule has 5 heteroatoms. The number of hydrogen-bond donors (Lipinski definition) is 2. The van der Waals surface area contributed by atoms with Gasteiger partial charge in [-0.05, 0) is 49.3 Å². The van der Waals surface area contributed by atoms with Gasteiger partial charge in [-0.2, -0.15) is 0 Å². The number of aryl methyl sites for hydroxylation is 2. The number of carbonyl (C=O) groups is 1. The Bertz CT molecular complexity index is 545. The smallest absolute Gasteiger partial charge is 0.317 e. The Morgan fingerprint density at radius 1 is 1.33 bits per heavy atom. The van der Waals surface area contributed by atoms with Crippen molar-refractivity contribution in [2.45, 2.75) is 53.7 Å².